The molecule has 2 aromatic rings. The number of para-hydroxylation sites is 2. The zero-order valence-corrected chi connectivity index (χ0v) is 18.4. The third kappa shape index (κ3) is 5.25. The van der Waals surface area contributed by atoms with Gasteiger partial charge >= 0.3 is 0 Å². The average Bonchev–Trinajstić information content (AvgIpc) is 3.18. The Kier molecular flexibility index (Phi) is 6.88. The fourth-order valence-electron chi connectivity index (χ4n) is 5.15. The molecule has 0 unspecified atom stereocenters. The van der Waals surface area contributed by atoms with Gasteiger partial charge < -0.3 is 15.0 Å². The molecule has 2 aliphatic heterocycles. The van der Waals surface area contributed by atoms with Crippen LogP contribution in [-0.2, 0) is 11.3 Å². The van der Waals surface area contributed by atoms with Gasteiger partial charge in [0.15, 0.2) is 0 Å². The molecular weight excluding hydrogens is 393 g/mol. The topological polar surface area (TPSA) is 44.8 Å². The number of amides is 1. The summed E-state index contributed by atoms with van der Waals surface area (Å²) < 4.78 is 18.6. The molecule has 2 fully saturated rings. The van der Waals surface area contributed by atoms with Crippen LogP contribution < -0.4 is 10.1 Å². The van der Waals surface area contributed by atoms with Gasteiger partial charge in [0.05, 0.1) is 18.7 Å². The Balaban J connectivity index is 1.35. The van der Waals surface area contributed by atoms with Gasteiger partial charge in [-0.2, -0.15) is 0 Å². The Bertz CT molecular complexity index is 889. The molecule has 2 saturated heterocycles. The highest BCUT2D eigenvalue weighted by Crippen LogP contribution is 2.34. The molecule has 3 atom stereocenters. The number of hydrogen-bond acceptors (Lipinski definition) is 4. The van der Waals surface area contributed by atoms with E-state index in [9.17, 15) is 9.18 Å². The highest BCUT2D eigenvalue weighted by Gasteiger charge is 2.39. The van der Waals surface area contributed by atoms with Gasteiger partial charge in [-0.05, 0) is 68.6 Å². The number of ether oxygens (including phenoxy) is 1. The van der Waals surface area contributed by atoms with Crippen molar-refractivity contribution < 1.29 is 13.9 Å². The monoisotopic (exact) mass is 425 g/mol. The van der Waals surface area contributed by atoms with Crippen molar-refractivity contribution in [3.05, 3.63) is 59.9 Å². The molecule has 5 nitrogen and oxygen atoms in total. The van der Waals surface area contributed by atoms with Crippen LogP contribution in [0.1, 0.15) is 24.8 Å². The molecule has 166 valence electrons. The molecule has 31 heavy (non-hydrogen) atoms. The molecule has 0 saturated carbocycles. The summed E-state index contributed by atoms with van der Waals surface area (Å²) in [6, 6.07) is 14.8. The average molecular weight is 426 g/mol. The lowest BCUT2D eigenvalue weighted by atomic mass is 9.87. The van der Waals surface area contributed by atoms with Crippen LogP contribution in [0.4, 0.5) is 10.1 Å². The first-order valence-corrected chi connectivity index (χ1v) is 11.1. The minimum atomic E-state index is -0.190. The molecule has 2 aromatic carbocycles. The Morgan fingerprint density at radius 2 is 1.94 bits per heavy atom. The van der Waals surface area contributed by atoms with E-state index >= 15 is 0 Å². The van der Waals surface area contributed by atoms with Crippen LogP contribution in [0.15, 0.2) is 48.5 Å². The van der Waals surface area contributed by atoms with Crippen molar-refractivity contribution in [3.63, 3.8) is 0 Å². The third-order valence-corrected chi connectivity index (χ3v) is 6.74. The van der Waals surface area contributed by atoms with Crippen molar-refractivity contribution in [1.29, 1.82) is 0 Å². The summed E-state index contributed by atoms with van der Waals surface area (Å²) in [6.45, 7) is 3.72. The van der Waals surface area contributed by atoms with Crippen molar-refractivity contribution in [1.82, 2.24) is 9.80 Å². The van der Waals surface area contributed by atoms with Gasteiger partial charge in [0, 0.05) is 25.7 Å². The number of carbonyl (C=O) groups is 1. The summed E-state index contributed by atoms with van der Waals surface area (Å²) in [7, 11) is 3.76. The third-order valence-electron chi connectivity index (χ3n) is 6.74. The number of nitrogens with zero attached hydrogens (tertiary/aromatic N) is 2. The molecule has 1 N–H and O–H groups in total. The molecule has 2 aliphatic rings. The van der Waals surface area contributed by atoms with Crippen LogP contribution >= 0.6 is 0 Å². The summed E-state index contributed by atoms with van der Waals surface area (Å²) in [6.07, 6.45) is 3.23. The number of nitrogens with one attached hydrogen (secondary N) is 1. The van der Waals surface area contributed by atoms with E-state index in [0.717, 1.165) is 50.3 Å². The largest absolute Gasteiger partial charge is 0.495 e. The first-order valence-electron chi connectivity index (χ1n) is 11.1. The zero-order chi connectivity index (χ0) is 21.8. The molecule has 6 heteroatoms. The van der Waals surface area contributed by atoms with Crippen molar-refractivity contribution in [2.75, 3.05) is 39.1 Å². The smallest absolute Gasteiger partial charge is 0.228 e. The van der Waals surface area contributed by atoms with Crippen LogP contribution in [0.5, 0.6) is 5.75 Å². The fourth-order valence-corrected chi connectivity index (χ4v) is 5.15. The summed E-state index contributed by atoms with van der Waals surface area (Å²) in [4.78, 5) is 17.8. The van der Waals surface area contributed by atoms with E-state index in [1.807, 2.05) is 36.4 Å². The highest BCUT2D eigenvalue weighted by atomic mass is 19.1. The summed E-state index contributed by atoms with van der Waals surface area (Å²) >= 11 is 0. The number of piperidine rings is 1. The van der Waals surface area contributed by atoms with Crippen LogP contribution in [0, 0.1) is 17.7 Å². The van der Waals surface area contributed by atoms with Gasteiger partial charge in [-0.1, -0.05) is 24.3 Å². The second-order valence-electron chi connectivity index (χ2n) is 8.89. The fraction of sp³-hybridized carbons (Fsp3) is 0.480. The lowest BCUT2D eigenvalue weighted by molar-refractivity contribution is -0.119. The Morgan fingerprint density at radius 3 is 2.71 bits per heavy atom. The van der Waals surface area contributed by atoms with Crippen molar-refractivity contribution in [2.45, 2.75) is 31.8 Å². The maximum absolute atomic E-state index is 13.2. The molecule has 0 radical (unpaired) electrons. The second-order valence-corrected chi connectivity index (χ2v) is 8.89. The molecule has 0 aliphatic carbocycles. The first-order chi connectivity index (χ1) is 15.0. The van der Waals surface area contributed by atoms with Crippen molar-refractivity contribution in [2.24, 2.45) is 11.8 Å². The summed E-state index contributed by atoms with van der Waals surface area (Å²) in [5, 5.41) is 3.06. The SMILES string of the molecule is COc1ccccc1NC(=O)[C@@H]1C[C@@H]([C@@H]2CCCN(Cc3ccc(F)cc3)C2)N(C)C1. The number of likely N-dealkylation sites (tertiary alicyclic amines) is 2. The Hall–Kier alpha value is -2.44. The summed E-state index contributed by atoms with van der Waals surface area (Å²) in [5.41, 5.74) is 1.88. The lowest BCUT2D eigenvalue weighted by Gasteiger charge is -2.38. The maximum atomic E-state index is 13.2. The van der Waals surface area contributed by atoms with E-state index in [1.54, 1.807) is 7.11 Å². The molecular formula is C25H32FN3O2. The van der Waals surface area contributed by atoms with Gasteiger partial charge in [-0.15, -0.1) is 0 Å². The maximum Gasteiger partial charge on any atom is 0.228 e. The van der Waals surface area contributed by atoms with Gasteiger partial charge in [0.2, 0.25) is 5.91 Å². The lowest BCUT2D eigenvalue weighted by Crippen LogP contribution is -2.43. The molecule has 0 bridgehead atoms. The van der Waals surface area contributed by atoms with E-state index in [1.165, 1.54) is 18.6 Å². The van der Waals surface area contributed by atoms with E-state index in [-0.39, 0.29) is 17.6 Å². The normalized spacial score (nSPS) is 24.8. The van der Waals surface area contributed by atoms with Gasteiger partial charge in [-0.3, -0.25) is 9.69 Å². The number of rotatable bonds is 6. The molecule has 2 heterocycles. The summed E-state index contributed by atoms with van der Waals surface area (Å²) in [5.74, 6) is 1.08. The van der Waals surface area contributed by atoms with Gasteiger partial charge in [-0.25, -0.2) is 4.39 Å². The number of halogens is 1. The van der Waals surface area contributed by atoms with Crippen LogP contribution in [0.2, 0.25) is 0 Å². The number of methoxy groups -OCH3 is 1. The number of carbonyl (C=O) groups excluding carboxylic acids is 1. The zero-order valence-electron chi connectivity index (χ0n) is 18.4. The number of anilines is 1. The standard InChI is InChI=1S/C25H32FN3O2/c1-28-16-20(25(30)27-22-7-3-4-8-24(22)31-2)14-23(28)19-6-5-13-29(17-19)15-18-9-11-21(26)12-10-18/h3-4,7-12,19-20,23H,5-6,13-17H2,1-2H3,(H,27,30)/t19-,20-,23+/m1/s1. The second kappa shape index (κ2) is 9.79. The van der Waals surface area contributed by atoms with E-state index < -0.39 is 0 Å². The van der Waals surface area contributed by atoms with E-state index in [4.69, 9.17) is 4.74 Å². The first kappa shape index (κ1) is 21.8. The van der Waals surface area contributed by atoms with Crippen molar-refractivity contribution >= 4 is 11.6 Å². The minimum Gasteiger partial charge on any atom is -0.495 e. The molecule has 1 amide bonds. The van der Waals surface area contributed by atoms with Crippen LogP contribution in [-0.4, -0.2) is 55.5 Å². The van der Waals surface area contributed by atoms with Crippen LogP contribution in [0.25, 0.3) is 0 Å². The quantitative estimate of drug-likeness (QED) is 0.760. The molecule has 4 rings (SSSR count). The molecule has 0 aromatic heterocycles. The van der Waals surface area contributed by atoms with Gasteiger partial charge in [0.25, 0.3) is 0 Å². The van der Waals surface area contributed by atoms with E-state index in [0.29, 0.717) is 17.7 Å². The predicted octanol–water partition coefficient (Wildman–Crippen LogP) is 4.01. The highest BCUT2D eigenvalue weighted by molar-refractivity contribution is 5.94. The van der Waals surface area contributed by atoms with Crippen LogP contribution in [0.3, 0.4) is 0 Å². The number of benzene rings is 2. The molecule has 0 spiro atoms. The van der Waals surface area contributed by atoms with Gasteiger partial charge in [0.1, 0.15) is 11.6 Å². The van der Waals surface area contributed by atoms with E-state index in [2.05, 4.69) is 22.2 Å². The number of hydrogen-bond donors (Lipinski definition) is 1. The predicted molar refractivity (Wildman–Crippen MR) is 121 cm³/mol. The van der Waals surface area contributed by atoms with Crippen molar-refractivity contribution in [3.8, 4) is 5.75 Å². The Labute approximate surface area is 184 Å². The minimum absolute atomic E-state index is 0.0209. The Morgan fingerprint density at radius 1 is 1.16 bits per heavy atom.